The van der Waals surface area contributed by atoms with E-state index in [-0.39, 0.29) is 24.6 Å². The van der Waals surface area contributed by atoms with Crippen LogP contribution >= 0.6 is 23.8 Å². The lowest BCUT2D eigenvalue weighted by Crippen LogP contribution is -2.30. The molecule has 0 radical (unpaired) electrons. The number of rotatable bonds is 8. The van der Waals surface area contributed by atoms with E-state index in [1.54, 1.807) is 6.20 Å². The van der Waals surface area contributed by atoms with Crippen LogP contribution in [-0.4, -0.2) is 27.2 Å². The summed E-state index contributed by atoms with van der Waals surface area (Å²) in [5, 5.41) is 7.72. The first kappa shape index (κ1) is 27.5. The summed E-state index contributed by atoms with van der Waals surface area (Å²) >= 11 is 12.2. The molecule has 0 saturated carbocycles. The number of hydrogen-bond donors (Lipinski definition) is 2. The molecule has 1 saturated heterocycles. The summed E-state index contributed by atoms with van der Waals surface area (Å²) in [6.07, 6.45) is 3.84. The number of carbonyl (C=O) groups excluding carboxylic acids is 1. The molecule has 3 aromatic carbocycles. The van der Waals surface area contributed by atoms with Gasteiger partial charge in [-0.15, -0.1) is 0 Å². The Balaban J connectivity index is 1.29. The van der Waals surface area contributed by atoms with Gasteiger partial charge in [-0.2, -0.15) is 0 Å². The fourth-order valence-corrected chi connectivity index (χ4v) is 5.61. The van der Waals surface area contributed by atoms with Gasteiger partial charge in [-0.05, 0) is 104 Å². The normalized spacial score (nSPS) is 16.2. The molecule has 0 bridgehead atoms. The highest BCUT2D eigenvalue weighted by Crippen LogP contribution is 2.42. The van der Waals surface area contributed by atoms with Gasteiger partial charge in [0.25, 0.3) is 5.91 Å². The van der Waals surface area contributed by atoms with Crippen LogP contribution in [0.4, 0.5) is 11.4 Å². The Morgan fingerprint density at radius 1 is 0.976 bits per heavy atom. The molecule has 6 rings (SSSR count). The van der Waals surface area contributed by atoms with E-state index in [1.165, 1.54) is 0 Å². The van der Waals surface area contributed by atoms with E-state index in [4.69, 9.17) is 28.6 Å². The summed E-state index contributed by atoms with van der Waals surface area (Å²) in [7, 11) is 0. The highest BCUT2D eigenvalue weighted by atomic mass is 35.5. The van der Waals surface area contributed by atoms with Gasteiger partial charge in [0.1, 0.15) is 11.8 Å². The van der Waals surface area contributed by atoms with E-state index in [1.807, 2.05) is 104 Å². The van der Waals surface area contributed by atoms with Crippen molar-refractivity contribution >= 4 is 46.2 Å². The summed E-state index contributed by atoms with van der Waals surface area (Å²) in [6.45, 7) is 1.92. The molecule has 0 aliphatic carbocycles. The first-order valence-electron chi connectivity index (χ1n) is 13.5. The van der Waals surface area contributed by atoms with Gasteiger partial charge in [-0.3, -0.25) is 9.78 Å². The molecule has 210 valence electrons. The summed E-state index contributed by atoms with van der Waals surface area (Å²) in [6, 6.07) is 32.5. The molecule has 42 heavy (non-hydrogen) atoms. The lowest BCUT2D eigenvalue weighted by molar-refractivity contribution is -0.118. The predicted molar refractivity (Wildman–Crippen MR) is 170 cm³/mol. The van der Waals surface area contributed by atoms with Crippen LogP contribution in [0.2, 0.25) is 5.02 Å². The van der Waals surface area contributed by atoms with Gasteiger partial charge in [0, 0.05) is 40.2 Å². The van der Waals surface area contributed by atoms with Gasteiger partial charge in [0.2, 0.25) is 0 Å². The molecule has 3 heterocycles. The summed E-state index contributed by atoms with van der Waals surface area (Å²) in [4.78, 5) is 19.3. The minimum atomic E-state index is -0.242. The Kier molecular flexibility index (Phi) is 7.90. The first-order chi connectivity index (χ1) is 20.5. The zero-order valence-electron chi connectivity index (χ0n) is 22.8. The molecule has 1 aliphatic heterocycles. The average Bonchev–Trinajstić information content (AvgIpc) is 3.63. The molecule has 0 unspecified atom stereocenters. The number of benzene rings is 3. The lowest BCUT2D eigenvalue weighted by Gasteiger charge is -2.29. The molecule has 2 aromatic heterocycles. The minimum Gasteiger partial charge on any atom is -0.484 e. The number of hydrogen-bond acceptors (Lipinski definition) is 4. The van der Waals surface area contributed by atoms with Crippen molar-refractivity contribution in [2.24, 2.45) is 0 Å². The van der Waals surface area contributed by atoms with Crippen molar-refractivity contribution in [3.63, 3.8) is 0 Å². The second-order valence-corrected chi connectivity index (χ2v) is 10.7. The van der Waals surface area contributed by atoms with Crippen molar-refractivity contribution in [3.8, 4) is 11.4 Å². The third-order valence-electron chi connectivity index (χ3n) is 7.14. The first-order valence-corrected chi connectivity index (χ1v) is 14.3. The van der Waals surface area contributed by atoms with Gasteiger partial charge in [-0.25, -0.2) is 0 Å². The van der Waals surface area contributed by atoms with Crippen molar-refractivity contribution in [2.45, 2.75) is 19.0 Å². The lowest BCUT2D eigenvalue weighted by atomic mass is 10.0. The van der Waals surface area contributed by atoms with E-state index in [0.717, 1.165) is 33.3 Å². The maximum Gasteiger partial charge on any atom is 0.262 e. The van der Waals surface area contributed by atoms with Crippen molar-refractivity contribution < 1.29 is 9.53 Å². The molecule has 1 fully saturated rings. The van der Waals surface area contributed by atoms with Crippen molar-refractivity contribution in [2.75, 3.05) is 16.8 Å². The Morgan fingerprint density at radius 3 is 2.48 bits per heavy atom. The SMILES string of the molecule is Cc1cc(-n2cccc2[C@@H]2[C@H](c3ccccn3)NC(=S)N2c2ccc(NC(=O)COc3ccccc3)cc2)ccc1Cl. The van der Waals surface area contributed by atoms with E-state index >= 15 is 0 Å². The van der Waals surface area contributed by atoms with E-state index in [0.29, 0.717) is 16.5 Å². The zero-order chi connectivity index (χ0) is 29.1. The number of halogens is 1. The van der Waals surface area contributed by atoms with Crippen LogP contribution in [0.15, 0.2) is 116 Å². The molecule has 2 atom stereocenters. The van der Waals surface area contributed by atoms with Crippen molar-refractivity contribution in [3.05, 3.63) is 137 Å². The average molecular weight is 594 g/mol. The number of carbonyl (C=O) groups is 1. The number of pyridine rings is 1. The standard InChI is InChI=1S/C33H28ClN5O2S/c1-22-20-25(16-17-27(22)34)38-19-7-11-29(38)32-31(28-10-5-6-18-35-28)37-33(42)39(32)24-14-12-23(13-15-24)36-30(40)21-41-26-8-3-2-4-9-26/h2-20,31-32H,21H2,1H3,(H,36,40)(H,37,42)/t31-,32+/m0/s1. The van der Waals surface area contributed by atoms with Gasteiger partial charge in [0.15, 0.2) is 11.7 Å². The fourth-order valence-electron chi connectivity index (χ4n) is 5.15. The topological polar surface area (TPSA) is 71.4 Å². The Labute approximate surface area is 254 Å². The Hall–Kier alpha value is -4.66. The molecule has 7 nitrogen and oxygen atoms in total. The van der Waals surface area contributed by atoms with Crippen LogP contribution in [0.3, 0.4) is 0 Å². The van der Waals surface area contributed by atoms with Crippen LogP contribution < -0.4 is 20.3 Å². The van der Waals surface area contributed by atoms with E-state index in [9.17, 15) is 4.79 Å². The predicted octanol–water partition coefficient (Wildman–Crippen LogP) is 7.03. The summed E-state index contributed by atoms with van der Waals surface area (Å²) in [5.74, 6) is 0.402. The molecule has 0 spiro atoms. The maximum atomic E-state index is 12.5. The van der Waals surface area contributed by atoms with Crippen LogP contribution in [0.5, 0.6) is 5.75 Å². The Bertz CT molecular complexity index is 1710. The number of anilines is 2. The number of ether oxygens (including phenoxy) is 1. The number of para-hydroxylation sites is 1. The summed E-state index contributed by atoms with van der Waals surface area (Å²) < 4.78 is 7.73. The monoisotopic (exact) mass is 593 g/mol. The zero-order valence-corrected chi connectivity index (χ0v) is 24.3. The minimum absolute atomic E-state index is 0.0825. The van der Waals surface area contributed by atoms with E-state index < -0.39 is 0 Å². The second kappa shape index (κ2) is 12.1. The van der Waals surface area contributed by atoms with Crippen LogP contribution in [0, 0.1) is 6.92 Å². The number of amides is 1. The molecule has 2 N–H and O–H groups in total. The fraction of sp³-hybridized carbons (Fsp3) is 0.121. The van der Waals surface area contributed by atoms with Crippen LogP contribution in [-0.2, 0) is 4.79 Å². The van der Waals surface area contributed by atoms with E-state index in [2.05, 4.69) is 37.2 Å². The molecule has 1 amide bonds. The molecule has 5 aromatic rings. The number of nitrogens with one attached hydrogen (secondary N) is 2. The number of aryl methyl sites for hydroxylation is 1. The molecular formula is C33H28ClN5O2S. The smallest absolute Gasteiger partial charge is 0.262 e. The highest BCUT2D eigenvalue weighted by molar-refractivity contribution is 7.80. The third-order valence-corrected chi connectivity index (χ3v) is 7.88. The number of thiocarbonyl (C=S) groups is 1. The van der Waals surface area contributed by atoms with Gasteiger partial charge in [-0.1, -0.05) is 35.9 Å². The quantitative estimate of drug-likeness (QED) is 0.188. The number of aromatic nitrogens is 2. The van der Waals surface area contributed by atoms with Crippen molar-refractivity contribution in [1.82, 2.24) is 14.9 Å². The molecular weight excluding hydrogens is 566 g/mol. The van der Waals surface area contributed by atoms with Crippen molar-refractivity contribution in [1.29, 1.82) is 0 Å². The number of nitrogens with zero attached hydrogens (tertiary/aromatic N) is 3. The van der Waals surface area contributed by atoms with Gasteiger partial charge < -0.3 is 24.8 Å². The maximum absolute atomic E-state index is 12.5. The molecule has 1 aliphatic rings. The van der Waals surface area contributed by atoms with Gasteiger partial charge >= 0.3 is 0 Å². The van der Waals surface area contributed by atoms with Gasteiger partial charge in [0.05, 0.1) is 11.7 Å². The third kappa shape index (κ3) is 5.72. The van der Waals surface area contributed by atoms with Crippen LogP contribution in [0.25, 0.3) is 5.69 Å². The Morgan fingerprint density at radius 2 is 1.74 bits per heavy atom. The summed E-state index contributed by atoms with van der Waals surface area (Å²) in [5.41, 5.74) is 5.47. The molecule has 9 heteroatoms. The second-order valence-electron chi connectivity index (χ2n) is 9.93. The highest BCUT2D eigenvalue weighted by Gasteiger charge is 2.42. The van der Waals surface area contributed by atoms with Crippen LogP contribution in [0.1, 0.15) is 29.0 Å². The largest absolute Gasteiger partial charge is 0.484 e.